The van der Waals surface area contributed by atoms with E-state index in [2.05, 4.69) is 4.98 Å². The minimum atomic E-state index is -0.512. The number of benzene rings is 1. The molecule has 1 aromatic carbocycles. The van der Waals surface area contributed by atoms with Crippen molar-refractivity contribution in [2.24, 2.45) is 0 Å². The SMILES string of the molecule is CCCc1c(Cl)[nH]c(=O)n(CCOc2ccccc2)c1=O. The van der Waals surface area contributed by atoms with Gasteiger partial charge in [0.15, 0.2) is 0 Å². The van der Waals surface area contributed by atoms with Gasteiger partial charge in [0.25, 0.3) is 5.56 Å². The van der Waals surface area contributed by atoms with Crippen molar-refractivity contribution in [2.75, 3.05) is 6.61 Å². The summed E-state index contributed by atoms with van der Waals surface area (Å²) in [5.74, 6) is 0.699. The first-order valence-corrected chi connectivity index (χ1v) is 7.20. The zero-order chi connectivity index (χ0) is 15.2. The summed E-state index contributed by atoms with van der Waals surface area (Å²) < 4.78 is 6.63. The molecule has 1 heterocycles. The van der Waals surface area contributed by atoms with Gasteiger partial charge in [0, 0.05) is 0 Å². The number of hydrogen-bond donors (Lipinski definition) is 1. The van der Waals surface area contributed by atoms with Gasteiger partial charge in [-0.15, -0.1) is 0 Å². The van der Waals surface area contributed by atoms with Crippen molar-refractivity contribution < 1.29 is 4.74 Å². The van der Waals surface area contributed by atoms with Crippen LogP contribution in [0.3, 0.4) is 0 Å². The third-order valence-electron chi connectivity index (χ3n) is 3.06. The van der Waals surface area contributed by atoms with Crippen molar-refractivity contribution in [1.82, 2.24) is 9.55 Å². The molecule has 0 saturated carbocycles. The summed E-state index contributed by atoms with van der Waals surface area (Å²) in [4.78, 5) is 26.6. The van der Waals surface area contributed by atoms with Gasteiger partial charge >= 0.3 is 5.69 Å². The van der Waals surface area contributed by atoms with Crippen molar-refractivity contribution in [3.63, 3.8) is 0 Å². The fourth-order valence-corrected chi connectivity index (χ4v) is 2.28. The number of nitrogens with zero attached hydrogens (tertiary/aromatic N) is 1. The Morgan fingerprint density at radius 1 is 1.24 bits per heavy atom. The predicted octanol–water partition coefficient (Wildman–Crippen LogP) is 2.22. The highest BCUT2D eigenvalue weighted by Crippen LogP contribution is 2.09. The second-order valence-electron chi connectivity index (χ2n) is 4.59. The van der Waals surface area contributed by atoms with Crippen LogP contribution >= 0.6 is 11.6 Å². The van der Waals surface area contributed by atoms with Crippen LogP contribution in [-0.2, 0) is 13.0 Å². The number of ether oxygens (including phenoxy) is 1. The third kappa shape index (κ3) is 3.76. The van der Waals surface area contributed by atoms with Crippen molar-refractivity contribution >= 4 is 11.6 Å². The average molecular weight is 309 g/mol. The van der Waals surface area contributed by atoms with Gasteiger partial charge in [-0.05, 0) is 18.6 Å². The van der Waals surface area contributed by atoms with Crippen molar-refractivity contribution in [1.29, 1.82) is 0 Å². The van der Waals surface area contributed by atoms with E-state index in [9.17, 15) is 9.59 Å². The molecule has 5 nitrogen and oxygen atoms in total. The van der Waals surface area contributed by atoms with E-state index in [0.717, 1.165) is 11.0 Å². The monoisotopic (exact) mass is 308 g/mol. The molecule has 0 aliphatic heterocycles. The largest absolute Gasteiger partial charge is 0.492 e. The molecular formula is C15H17ClN2O3. The van der Waals surface area contributed by atoms with Crippen LogP contribution in [0.2, 0.25) is 5.15 Å². The van der Waals surface area contributed by atoms with E-state index >= 15 is 0 Å². The lowest BCUT2D eigenvalue weighted by Crippen LogP contribution is -2.38. The number of H-pyrrole nitrogens is 1. The second kappa shape index (κ2) is 7.13. The predicted molar refractivity (Wildman–Crippen MR) is 82.3 cm³/mol. The van der Waals surface area contributed by atoms with E-state index in [0.29, 0.717) is 17.7 Å². The molecule has 0 atom stereocenters. The highest BCUT2D eigenvalue weighted by molar-refractivity contribution is 6.30. The second-order valence-corrected chi connectivity index (χ2v) is 4.97. The van der Waals surface area contributed by atoms with Crippen LogP contribution in [0.1, 0.15) is 18.9 Å². The normalized spacial score (nSPS) is 10.6. The van der Waals surface area contributed by atoms with Crippen LogP contribution in [-0.4, -0.2) is 16.2 Å². The van der Waals surface area contributed by atoms with E-state index in [-0.39, 0.29) is 23.9 Å². The van der Waals surface area contributed by atoms with E-state index in [1.165, 1.54) is 0 Å². The highest BCUT2D eigenvalue weighted by Gasteiger charge is 2.11. The number of aromatic nitrogens is 2. The number of nitrogens with one attached hydrogen (secondary N) is 1. The molecule has 0 fully saturated rings. The molecule has 0 amide bonds. The fourth-order valence-electron chi connectivity index (χ4n) is 2.03. The van der Waals surface area contributed by atoms with Gasteiger partial charge in [-0.25, -0.2) is 4.79 Å². The Morgan fingerprint density at radius 2 is 1.95 bits per heavy atom. The average Bonchev–Trinajstić information content (AvgIpc) is 2.48. The lowest BCUT2D eigenvalue weighted by Gasteiger charge is -2.09. The minimum absolute atomic E-state index is 0.132. The summed E-state index contributed by atoms with van der Waals surface area (Å²) in [6.07, 6.45) is 1.31. The molecule has 2 aromatic rings. The lowest BCUT2D eigenvalue weighted by atomic mass is 10.2. The topological polar surface area (TPSA) is 64.1 Å². The summed E-state index contributed by atoms with van der Waals surface area (Å²) in [6.45, 7) is 2.36. The first-order valence-electron chi connectivity index (χ1n) is 6.82. The summed E-state index contributed by atoms with van der Waals surface area (Å²) in [5, 5.41) is 0.132. The van der Waals surface area contributed by atoms with Crippen LogP contribution in [0.4, 0.5) is 0 Å². The Kier molecular flexibility index (Phi) is 5.22. The Balaban J connectivity index is 2.15. The van der Waals surface area contributed by atoms with E-state index in [1.54, 1.807) is 0 Å². The molecule has 2 rings (SSSR count). The molecule has 0 bridgehead atoms. The summed E-state index contributed by atoms with van der Waals surface area (Å²) in [6, 6.07) is 9.24. The van der Waals surface area contributed by atoms with Gasteiger partial charge in [0.1, 0.15) is 17.5 Å². The van der Waals surface area contributed by atoms with Crippen molar-refractivity contribution in [2.45, 2.75) is 26.3 Å². The fraction of sp³-hybridized carbons (Fsp3) is 0.333. The molecule has 0 saturated heterocycles. The van der Waals surface area contributed by atoms with Gasteiger partial charge in [0.05, 0.1) is 12.1 Å². The molecule has 6 heteroatoms. The smallest absolute Gasteiger partial charge is 0.329 e. The van der Waals surface area contributed by atoms with Crippen LogP contribution in [0, 0.1) is 0 Å². The van der Waals surface area contributed by atoms with Gasteiger partial charge in [0.2, 0.25) is 0 Å². The molecule has 112 valence electrons. The van der Waals surface area contributed by atoms with E-state index in [4.69, 9.17) is 16.3 Å². The first kappa shape index (κ1) is 15.4. The molecule has 0 spiro atoms. The lowest BCUT2D eigenvalue weighted by molar-refractivity contribution is 0.293. The first-order chi connectivity index (χ1) is 10.1. The van der Waals surface area contributed by atoms with Crippen LogP contribution in [0.25, 0.3) is 0 Å². The van der Waals surface area contributed by atoms with Gasteiger partial charge in [-0.2, -0.15) is 0 Å². The molecular weight excluding hydrogens is 292 g/mol. The third-order valence-corrected chi connectivity index (χ3v) is 3.38. The molecule has 1 N–H and O–H groups in total. The number of aromatic amines is 1. The van der Waals surface area contributed by atoms with E-state index in [1.807, 2.05) is 37.3 Å². The summed E-state index contributed by atoms with van der Waals surface area (Å²) in [7, 11) is 0. The van der Waals surface area contributed by atoms with Crippen LogP contribution < -0.4 is 16.0 Å². The Labute approximate surface area is 127 Å². The Morgan fingerprint density at radius 3 is 2.62 bits per heavy atom. The quantitative estimate of drug-likeness (QED) is 0.832. The van der Waals surface area contributed by atoms with Crippen molar-refractivity contribution in [3.05, 3.63) is 61.9 Å². The standard InChI is InChI=1S/C15H17ClN2O3/c1-2-6-12-13(16)17-15(20)18(14(12)19)9-10-21-11-7-4-3-5-8-11/h3-5,7-8H,2,6,9-10H2,1H3,(H,17,20). The Bertz CT molecular complexity index is 707. The summed E-state index contributed by atoms with van der Waals surface area (Å²) >= 11 is 5.92. The molecule has 21 heavy (non-hydrogen) atoms. The maximum Gasteiger partial charge on any atom is 0.329 e. The van der Waals surface area contributed by atoms with E-state index < -0.39 is 5.69 Å². The minimum Gasteiger partial charge on any atom is -0.492 e. The Hall–Kier alpha value is -2.01. The molecule has 0 aliphatic carbocycles. The molecule has 0 radical (unpaired) electrons. The summed E-state index contributed by atoms with van der Waals surface area (Å²) in [5.41, 5.74) is -0.415. The maximum atomic E-state index is 12.2. The van der Waals surface area contributed by atoms with Crippen LogP contribution in [0.15, 0.2) is 39.9 Å². The highest BCUT2D eigenvalue weighted by atomic mass is 35.5. The van der Waals surface area contributed by atoms with Crippen LogP contribution in [0.5, 0.6) is 5.75 Å². The number of hydrogen-bond acceptors (Lipinski definition) is 3. The van der Waals surface area contributed by atoms with Gasteiger partial charge in [-0.1, -0.05) is 43.1 Å². The van der Waals surface area contributed by atoms with Gasteiger partial charge in [-0.3, -0.25) is 14.3 Å². The maximum absolute atomic E-state index is 12.2. The molecule has 0 aliphatic rings. The zero-order valence-electron chi connectivity index (χ0n) is 11.8. The molecule has 1 aromatic heterocycles. The molecule has 0 unspecified atom stereocenters. The van der Waals surface area contributed by atoms with Crippen molar-refractivity contribution in [3.8, 4) is 5.75 Å². The number of para-hydroxylation sites is 1. The number of rotatable bonds is 6. The number of halogens is 1. The zero-order valence-corrected chi connectivity index (χ0v) is 12.5. The van der Waals surface area contributed by atoms with Gasteiger partial charge < -0.3 is 4.74 Å².